The first-order valence-corrected chi connectivity index (χ1v) is 4.21. The molecular weight excluding hydrogens is 196 g/mol. The van der Waals surface area contributed by atoms with Crippen molar-refractivity contribution in [1.82, 2.24) is 0 Å². The van der Waals surface area contributed by atoms with Gasteiger partial charge in [0.25, 0.3) is 0 Å². The highest BCUT2D eigenvalue weighted by Crippen LogP contribution is 2.07. The molecule has 0 aromatic rings. The summed E-state index contributed by atoms with van der Waals surface area (Å²) in [6.07, 6.45) is 1.45. The van der Waals surface area contributed by atoms with E-state index in [9.17, 15) is 9.59 Å². The Hall–Kier alpha value is -1.03. The molecule has 13 heavy (non-hydrogen) atoms. The minimum absolute atomic E-state index is 0.0532. The van der Waals surface area contributed by atoms with Crippen LogP contribution in [0.2, 0.25) is 0 Å². The number of hydrogen-bond acceptors (Lipinski definition) is 3. The maximum Gasteiger partial charge on any atom is 0.320 e. The van der Waals surface area contributed by atoms with Gasteiger partial charge < -0.3 is 9.84 Å². The SMILES string of the molecule is CCOC(=O)C(C/C=C/Cl)C(=O)O. The molecule has 0 rings (SSSR count). The molecule has 0 spiro atoms. The van der Waals surface area contributed by atoms with Gasteiger partial charge in [0.1, 0.15) is 0 Å². The van der Waals surface area contributed by atoms with Crippen molar-refractivity contribution in [1.29, 1.82) is 0 Å². The third kappa shape index (κ3) is 4.52. The van der Waals surface area contributed by atoms with Gasteiger partial charge in [-0.2, -0.15) is 0 Å². The Bertz CT molecular complexity index is 212. The molecule has 0 bridgehead atoms. The summed E-state index contributed by atoms with van der Waals surface area (Å²) in [6, 6.07) is 0. The molecule has 0 aliphatic rings. The van der Waals surface area contributed by atoms with Crippen LogP contribution in [0.5, 0.6) is 0 Å². The van der Waals surface area contributed by atoms with E-state index in [1.165, 1.54) is 11.6 Å². The summed E-state index contributed by atoms with van der Waals surface area (Å²) >= 11 is 5.21. The van der Waals surface area contributed by atoms with E-state index in [2.05, 4.69) is 4.74 Å². The van der Waals surface area contributed by atoms with Crippen LogP contribution in [0.1, 0.15) is 13.3 Å². The van der Waals surface area contributed by atoms with Crippen LogP contribution in [-0.2, 0) is 14.3 Å². The second kappa shape index (κ2) is 6.48. The number of esters is 1. The Labute approximate surface area is 81.1 Å². The number of halogens is 1. The Morgan fingerprint density at radius 3 is 2.62 bits per heavy atom. The molecule has 1 N–H and O–H groups in total. The number of carbonyl (C=O) groups is 2. The molecule has 0 radical (unpaired) electrons. The number of carbonyl (C=O) groups excluding carboxylic acids is 1. The van der Waals surface area contributed by atoms with Crippen LogP contribution in [-0.4, -0.2) is 23.7 Å². The first-order chi connectivity index (χ1) is 6.13. The Morgan fingerprint density at radius 1 is 1.62 bits per heavy atom. The fourth-order valence-corrected chi connectivity index (χ4v) is 0.831. The number of allylic oxidation sites excluding steroid dienone is 1. The van der Waals surface area contributed by atoms with Crippen molar-refractivity contribution in [2.24, 2.45) is 5.92 Å². The zero-order valence-electron chi connectivity index (χ0n) is 7.20. The zero-order chi connectivity index (χ0) is 10.3. The molecule has 74 valence electrons. The molecule has 0 aliphatic heterocycles. The highest BCUT2D eigenvalue weighted by Gasteiger charge is 2.25. The average molecular weight is 207 g/mol. The van der Waals surface area contributed by atoms with E-state index < -0.39 is 17.9 Å². The summed E-state index contributed by atoms with van der Waals surface area (Å²) in [5.41, 5.74) is 1.18. The first kappa shape index (κ1) is 12.0. The van der Waals surface area contributed by atoms with E-state index in [0.29, 0.717) is 0 Å². The number of ether oxygens (including phenoxy) is 1. The normalized spacial score (nSPS) is 12.8. The highest BCUT2D eigenvalue weighted by molar-refractivity contribution is 6.25. The standard InChI is InChI=1S/C8H11ClO4/c1-2-13-8(12)6(7(10)11)4-3-5-9/h3,5-6H,2,4H2,1H3,(H,10,11)/b5-3+. The molecule has 0 heterocycles. The van der Waals surface area contributed by atoms with E-state index >= 15 is 0 Å². The molecule has 0 aromatic carbocycles. The van der Waals surface area contributed by atoms with Crippen molar-refractivity contribution >= 4 is 23.5 Å². The molecule has 0 saturated carbocycles. The highest BCUT2D eigenvalue weighted by atomic mass is 35.5. The molecule has 1 atom stereocenters. The van der Waals surface area contributed by atoms with Crippen LogP contribution in [0, 0.1) is 5.92 Å². The molecule has 5 heteroatoms. The Balaban J connectivity index is 4.23. The fourth-order valence-electron chi connectivity index (χ4n) is 0.728. The molecule has 0 amide bonds. The van der Waals surface area contributed by atoms with Gasteiger partial charge in [0.05, 0.1) is 6.61 Å². The predicted molar refractivity (Wildman–Crippen MR) is 47.4 cm³/mol. The summed E-state index contributed by atoms with van der Waals surface area (Å²) < 4.78 is 4.57. The fraction of sp³-hybridized carbons (Fsp3) is 0.500. The number of carboxylic acids is 1. The van der Waals surface area contributed by atoms with Crippen LogP contribution in [0.25, 0.3) is 0 Å². The van der Waals surface area contributed by atoms with Gasteiger partial charge in [-0.25, -0.2) is 0 Å². The lowest BCUT2D eigenvalue weighted by Gasteiger charge is -2.07. The second-order valence-electron chi connectivity index (χ2n) is 2.24. The maximum absolute atomic E-state index is 11.0. The largest absolute Gasteiger partial charge is 0.481 e. The molecule has 0 aromatic heterocycles. The zero-order valence-corrected chi connectivity index (χ0v) is 7.95. The minimum atomic E-state index is -1.20. The number of aliphatic carboxylic acids is 1. The van der Waals surface area contributed by atoms with Gasteiger partial charge >= 0.3 is 11.9 Å². The summed E-state index contributed by atoms with van der Waals surface area (Å²) in [7, 11) is 0. The van der Waals surface area contributed by atoms with Gasteiger partial charge in [0.2, 0.25) is 0 Å². The van der Waals surface area contributed by atoms with Crippen LogP contribution in [0.15, 0.2) is 11.6 Å². The molecule has 4 nitrogen and oxygen atoms in total. The molecule has 0 aliphatic carbocycles. The molecule has 1 unspecified atom stereocenters. The van der Waals surface area contributed by atoms with Crippen molar-refractivity contribution in [3.05, 3.63) is 11.6 Å². The van der Waals surface area contributed by atoms with Gasteiger partial charge in [-0.15, -0.1) is 0 Å². The third-order valence-corrected chi connectivity index (χ3v) is 1.51. The number of rotatable bonds is 5. The molecule has 0 fully saturated rings. The monoisotopic (exact) mass is 206 g/mol. The number of carboxylic acid groups (broad SMARTS) is 1. The molecular formula is C8H11ClO4. The quantitative estimate of drug-likeness (QED) is 0.546. The summed E-state index contributed by atoms with van der Waals surface area (Å²) in [5, 5.41) is 8.62. The Kier molecular flexibility index (Phi) is 5.97. The van der Waals surface area contributed by atoms with E-state index in [-0.39, 0.29) is 13.0 Å². The van der Waals surface area contributed by atoms with Crippen LogP contribution in [0.3, 0.4) is 0 Å². The molecule has 0 saturated heterocycles. The van der Waals surface area contributed by atoms with Crippen molar-refractivity contribution in [3.63, 3.8) is 0 Å². The first-order valence-electron chi connectivity index (χ1n) is 3.78. The lowest BCUT2D eigenvalue weighted by atomic mass is 10.1. The van der Waals surface area contributed by atoms with Crippen LogP contribution in [0.4, 0.5) is 0 Å². The van der Waals surface area contributed by atoms with Gasteiger partial charge in [-0.3, -0.25) is 9.59 Å². The van der Waals surface area contributed by atoms with Crippen LogP contribution >= 0.6 is 11.6 Å². The summed E-state index contributed by atoms with van der Waals surface area (Å²) in [5.74, 6) is -3.09. The minimum Gasteiger partial charge on any atom is -0.481 e. The third-order valence-electron chi connectivity index (χ3n) is 1.33. The van der Waals surface area contributed by atoms with E-state index in [1.807, 2.05) is 0 Å². The van der Waals surface area contributed by atoms with E-state index in [1.54, 1.807) is 6.92 Å². The lowest BCUT2D eigenvalue weighted by Crippen LogP contribution is -2.25. The summed E-state index contributed by atoms with van der Waals surface area (Å²) in [4.78, 5) is 21.6. The van der Waals surface area contributed by atoms with Gasteiger partial charge in [0.15, 0.2) is 5.92 Å². The van der Waals surface area contributed by atoms with E-state index in [0.717, 1.165) is 0 Å². The lowest BCUT2D eigenvalue weighted by molar-refractivity contribution is -0.158. The average Bonchev–Trinajstić information content (AvgIpc) is 2.05. The Morgan fingerprint density at radius 2 is 2.23 bits per heavy atom. The predicted octanol–water partition coefficient (Wildman–Crippen LogP) is 1.39. The maximum atomic E-state index is 11.0. The number of hydrogen-bond donors (Lipinski definition) is 1. The second-order valence-corrected chi connectivity index (χ2v) is 2.49. The van der Waals surface area contributed by atoms with Crippen molar-refractivity contribution in [3.8, 4) is 0 Å². The van der Waals surface area contributed by atoms with Crippen molar-refractivity contribution in [2.75, 3.05) is 6.61 Å². The topological polar surface area (TPSA) is 63.6 Å². The van der Waals surface area contributed by atoms with E-state index in [4.69, 9.17) is 16.7 Å². The van der Waals surface area contributed by atoms with Crippen molar-refractivity contribution in [2.45, 2.75) is 13.3 Å². The van der Waals surface area contributed by atoms with Gasteiger partial charge in [-0.05, 0) is 13.3 Å². The van der Waals surface area contributed by atoms with Gasteiger partial charge in [-0.1, -0.05) is 17.7 Å². The van der Waals surface area contributed by atoms with Crippen molar-refractivity contribution < 1.29 is 19.4 Å². The summed E-state index contributed by atoms with van der Waals surface area (Å²) in [6.45, 7) is 1.79. The van der Waals surface area contributed by atoms with Gasteiger partial charge in [0, 0.05) is 5.54 Å². The smallest absolute Gasteiger partial charge is 0.320 e. The van der Waals surface area contributed by atoms with Crippen LogP contribution < -0.4 is 0 Å².